The standard InChI is InChI=1S/C17H28O5Si/c1-5-20-23(21-6-2,22-7-3)14-16(17(18)19-4)13-15-11-9-8-10-12-15/h8-12,16H,5-7,13-14H2,1-4H3. The number of esters is 1. The average molecular weight is 340 g/mol. The van der Waals surface area contributed by atoms with Crippen molar-refractivity contribution in [3.05, 3.63) is 35.9 Å². The SMILES string of the molecule is CCO[Si](CC(Cc1ccccc1)C(=O)OC)(OCC)OCC. The molecule has 0 N–H and O–H groups in total. The second kappa shape index (κ2) is 10.5. The molecule has 0 aliphatic heterocycles. The van der Waals surface area contributed by atoms with Crippen LogP contribution in [0.3, 0.4) is 0 Å². The molecule has 130 valence electrons. The van der Waals surface area contributed by atoms with Crippen LogP contribution in [0, 0.1) is 5.92 Å². The summed E-state index contributed by atoms with van der Waals surface area (Å²) < 4.78 is 22.6. The van der Waals surface area contributed by atoms with Crippen LogP contribution in [0.1, 0.15) is 26.3 Å². The molecule has 0 radical (unpaired) electrons. The van der Waals surface area contributed by atoms with E-state index in [1.807, 2.05) is 51.1 Å². The Labute approximate surface area is 140 Å². The van der Waals surface area contributed by atoms with Crippen molar-refractivity contribution in [2.75, 3.05) is 26.9 Å². The summed E-state index contributed by atoms with van der Waals surface area (Å²) in [5.74, 6) is -0.608. The van der Waals surface area contributed by atoms with Crippen molar-refractivity contribution in [3.63, 3.8) is 0 Å². The van der Waals surface area contributed by atoms with Crippen LogP contribution in [-0.4, -0.2) is 41.7 Å². The topological polar surface area (TPSA) is 54.0 Å². The molecule has 0 fully saturated rings. The van der Waals surface area contributed by atoms with Crippen LogP contribution >= 0.6 is 0 Å². The van der Waals surface area contributed by atoms with Crippen LogP contribution in [-0.2, 0) is 29.2 Å². The van der Waals surface area contributed by atoms with Crippen molar-refractivity contribution in [2.45, 2.75) is 33.2 Å². The predicted octanol–water partition coefficient (Wildman–Crippen LogP) is 3.07. The Hall–Kier alpha value is -1.21. The molecule has 0 heterocycles. The molecule has 0 bridgehead atoms. The molecule has 0 amide bonds. The van der Waals surface area contributed by atoms with E-state index >= 15 is 0 Å². The lowest BCUT2D eigenvalue weighted by atomic mass is 10.0. The van der Waals surface area contributed by atoms with E-state index in [2.05, 4.69) is 0 Å². The lowest BCUT2D eigenvalue weighted by molar-refractivity contribution is -0.145. The Morgan fingerprint density at radius 1 is 1.00 bits per heavy atom. The Morgan fingerprint density at radius 3 is 1.96 bits per heavy atom. The van der Waals surface area contributed by atoms with Crippen molar-refractivity contribution in [3.8, 4) is 0 Å². The van der Waals surface area contributed by atoms with Gasteiger partial charge in [0.15, 0.2) is 0 Å². The van der Waals surface area contributed by atoms with Gasteiger partial charge in [-0.05, 0) is 32.8 Å². The summed E-state index contributed by atoms with van der Waals surface area (Å²) in [6.07, 6.45) is 0.579. The van der Waals surface area contributed by atoms with E-state index in [0.717, 1.165) is 5.56 Å². The fourth-order valence-corrected chi connectivity index (χ4v) is 5.40. The molecule has 1 atom stereocenters. The van der Waals surface area contributed by atoms with Gasteiger partial charge < -0.3 is 18.0 Å². The Balaban J connectivity index is 2.96. The van der Waals surface area contributed by atoms with Gasteiger partial charge in [-0.1, -0.05) is 30.3 Å². The van der Waals surface area contributed by atoms with Gasteiger partial charge in [-0.2, -0.15) is 0 Å². The molecule has 0 spiro atoms. The van der Waals surface area contributed by atoms with Gasteiger partial charge in [0, 0.05) is 25.9 Å². The number of benzene rings is 1. The van der Waals surface area contributed by atoms with E-state index in [1.165, 1.54) is 7.11 Å². The Kier molecular flexibility index (Phi) is 9.09. The second-order valence-electron chi connectivity index (χ2n) is 5.10. The summed E-state index contributed by atoms with van der Waals surface area (Å²) in [7, 11) is -1.48. The molecule has 1 unspecified atom stereocenters. The molecule has 23 heavy (non-hydrogen) atoms. The molecule has 0 saturated carbocycles. The quantitative estimate of drug-likeness (QED) is 0.458. The Bertz CT molecular complexity index is 435. The summed E-state index contributed by atoms with van der Waals surface area (Å²) in [4.78, 5) is 12.2. The van der Waals surface area contributed by atoms with Gasteiger partial charge in [-0.3, -0.25) is 4.79 Å². The first-order chi connectivity index (χ1) is 11.1. The van der Waals surface area contributed by atoms with E-state index in [-0.39, 0.29) is 11.9 Å². The monoisotopic (exact) mass is 340 g/mol. The number of ether oxygens (including phenoxy) is 1. The van der Waals surface area contributed by atoms with E-state index in [0.29, 0.717) is 32.3 Å². The van der Waals surface area contributed by atoms with Crippen molar-refractivity contribution < 1.29 is 22.8 Å². The summed E-state index contributed by atoms with van der Waals surface area (Å²) in [6, 6.07) is 10.3. The van der Waals surface area contributed by atoms with E-state index < -0.39 is 8.80 Å². The van der Waals surface area contributed by atoms with Crippen molar-refractivity contribution in [1.82, 2.24) is 0 Å². The highest BCUT2D eigenvalue weighted by atomic mass is 28.4. The lowest BCUT2D eigenvalue weighted by Gasteiger charge is -2.31. The van der Waals surface area contributed by atoms with Crippen LogP contribution in [0.4, 0.5) is 0 Å². The first kappa shape index (κ1) is 19.8. The minimum absolute atomic E-state index is 0.259. The van der Waals surface area contributed by atoms with Crippen LogP contribution in [0.15, 0.2) is 30.3 Å². The normalized spacial score (nSPS) is 12.9. The predicted molar refractivity (Wildman–Crippen MR) is 91.1 cm³/mol. The highest BCUT2D eigenvalue weighted by Crippen LogP contribution is 2.25. The molecular weight excluding hydrogens is 312 g/mol. The molecule has 1 rings (SSSR count). The van der Waals surface area contributed by atoms with Gasteiger partial charge in [-0.25, -0.2) is 0 Å². The molecular formula is C17H28O5Si. The zero-order valence-corrected chi connectivity index (χ0v) is 15.5. The average Bonchev–Trinajstić information content (AvgIpc) is 2.55. The molecule has 0 aromatic heterocycles. The van der Waals surface area contributed by atoms with Gasteiger partial charge in [0.05, 0.1) is 13.0 Å². The lowest BCUT2D eigenvalue weighted by Crippen LogP contribution is -2.48. The first-order valence-corrected chi connectivity index (χ1v) is 10.1. The number of carbonyl (C=O) groups excluding carboxylic acids is 1. The number of hydrogen-bond acceptors (Lipinski definition) is 5. The fourth-order valence-electron chi connectivity index (χ4n) is 2.57. The minimum Gasteiger partial charge on any atom is -0.469 e. The van der Waals surface area contributed by atoms with Gasteiger partial charge in [0.25, 0.3) is 0 Å². The van der Waals surface area contributed by atoms with Gasteiger partial charge in [0.1, 0.15) is 0 Å². The molecule has 1 aromatic rings. The molecule has 6 heteroatoms. The Morgan fingerprint density at radius 2 is 1.52 bits per heavy atom. The number of methoxy groups -OCH3 is 1. The highest BCUT2D eigenvalue weighted by molar-refractivity contribution is 6.61. The van der Waals surface area contributed by atoms with Gasteiger partial charge >= 0.3 is 14.8 Å². The van der Waals surface area contributed by atoms with Crippen LogP contribution in [0.2, 0.25) is 6.04 Å². The maximum atomic E-state index is 12.2. The largest absolute Gasteiger partial charge is 0.501 e. The van der Waals surface area contributed by atoms with Crippen molar-refractivity contribution in [2.24, 2.45) is 5.92 Å². The summed E-state index contributed by atoms with van der Waals surface area (Å²) in [5.41, 5.74) is 1.08. The smallest absolute Gasteiger partial charge is 0.469 e. The first-order valence-electron chi connectivity index (χ1n) is 8.14. The zero-order valence-electron chi connectivity index (χ0n) is 14.5. The van der Waals surface area contributed by atoms with Gasteiger partial charge in [0.2, 0.25) is 0 Å². The van der Waals surface area contributed by atoms with Crippen LogP contribution in [0.25, 0.3) is 0 Å². The molecule has 0 aliphatic rings. The minimum atomic E-state index is -2.89. The third-order valence-electron chi connectivity index (χ3n) is 3.45. The molecule has 0 saturated heterocycles. The van der Waals surface area contributed by atoms with E-state index in [4.69, 9.17) is 18.0 Å². The van der Waals surface area contributed by atoms with E-state index in [1.54, 1.807) is 0 Å². The molecule has 0 aliphatic carbocycles. The fraction of sp³-hybridized carbons (Fsp3) is 0.588. The number of hydrogen-bond donors (Lipinski definition) is 0. The highest BCUT2D eigenvalue weighted by Gasteiger charge is 2.45. The summed E-state index contributed by atoms with van der Waals surface area (Å²) in [5, 5.41) is 0. The zero-order chi connectivity index (χ0) is 17.1. The number of carbonyl (C=O) groups is 1. The summed E-state index contributed by atoms with van der Waals surface area (Å²) >= 11 is 0. The second-order valence-corrected chi connectivity index (χ2v) is 7.74. The third kappa shape index (κ3) is 6.43. The van der Waals surface area contributed by atoms with Crippen LogP contribution < -0.4 is 0 Å². The maximum absolute atomic E-state index is 12.2. The molecule has 1 aromatic carbocycles. The molecule has 5 nitrogen and oxygen atoms in total. The maximum Gasteiger partial charge on any atom is 0.501 e. The van der Waals surface area contributed by atoms with E-state index in [9.17, 15) is 4.79 Å². The van der Waals surface area contributed by atoms with Crippen LogP contribution in [0.5, 0.6) is 0 Å². The summed E-state index contributed by atoms with van der Waals surface area (Å²) in [6.45, 7) is 7.20. The third-order valence-corrected chi connectivity index (χ3v) is 6.63. The van der Waals surface area contributed by atoms with Crippen molar-refractivity contribution >= 4 is 14.8 Å². The van der Waals surface area contributed by atoms with Crippen molar-refractivity contribution in [1.29, 1.82) is 0 Å². The number of rotatable bonds is 11. The van der Waals surface area contributed by atoms with Gasteiger partial charge in [-0.15, -0.1) is 0 Å².